The van der Waals surface area contributed by atoms with Gasteiger partial charge in [0, 0.05) is 24.0 Å². The van der Waals surface area contributed by atoms with E-state index in [-0.39, 0.29) is 16.8 Å². The van der Waals surface area contributed by atoms with Crippen LogP contribution in [-0.2, 0) is 10.0 Å². The van der Waals surface area contributed by atoms with Gasteiger partial charge in [0.25, 0.3) is 5.91 Å². The number of sulfonamides is 1. The molecule has 23 heavy (non-hydrogen) atoms. The van der Waals surface area contributed by atoms with Crippen LogP contribution in [0.2, 0.25) is 0 Å². The quantitative estimate of drug-likeness (QED) is 0.824. The Morgan fingerprint density at radius 1 is 1.22 bits per heavy atom. The molecule has 1 heterocycles. The topological polar surface area (TPSA) is 66.5 Å². The molecule has 1 aliphatic rings. The van der Waals surface area contributed by atoms with Crippen LogP contribution in [0.4, 0.5) is 0 Å². The zero-order chi connectivity index (χ0) is 17.0. The van der Waals surface area contributed by atoms with E-state index in [0.717, 1.165) is 37.2 Å². The van der Waals surface area contributed by atoms with Crippen molar-refractivity contribution in [3.8, 4) is 0 Å². The fourth-order valence-corrected chi connectivity index (χ4v) is 4.51. The molecule has 1 aliphatic heterocycles. The van der Waals surface area contributed by atoms with Gasteiger partial charge in [0.15, 0.2) is 0 Å². The van der Waals surface area contributed by atoms with Crippen LogP contribution in [-0.4, -0.2) is 44.6 Å². The van der Waals surface area contributed by atoms with E-state index >= 15 is 0 Å². The van der Waals surface area contributed by atoms with E-state index in [9.17, 15) is 13.2 Å². The fourth-order valence-electron chi connectivity index (χ4n) is 2.67. The molecule has 1 fully saturated rings. The normalized spacial score (nSPS) is 15.9. The maximum atomic E-state index is 12.8. The first-order chi connectivity index (χ1) is 10.8. The molecule has 0 saturated carbocycles. The largest absolute Gasteiger partial charge is 0.339 e. The summed E-state index contributed by atoms with van der Waals surface area (Å²) in [6.07, 6.45) is 5.05. The number of carbonyl (C=O) groups excluding carboxylic acids is 1. The number of rotatable bonds is 5. The lowest BCUT2D eigenvalue weighted by atomic mass is 10.1. The van der Waals surface area contributed by atoms with E-state index in [0.29, 0.717) is 5.56 Å². The molecule has 1 saturated heterocycles. The van der Waals surface area contributed by atoms with E-state index in [2.05, 4.69) is 4.72 Å². The highest BCUT2D eigenvalue weighted by Crippen LogP contribution is 2.26. The van der Waals surface area contributed by atoms with E-state index in [4.69, 9.17) is 0 Å². The van der Waals surface area contributed by atoms with E-state index in [1.165, 1.54) is 17.8 Å². The highest BCUT2D eigenvalue weighted by molar-refractivity contribution is 7.98. The molecule has 7 heteroatoms. The van der Waals surface area contributed by atoms with Crippen LogP contribution < -0.4 is 4.72 Å². The van der Waals surface area contributed by atoms with Gasteiger partial charge in [-0.2, -0.15) is 0 Å². The molecule has 2 rings (SSSR count). The Morgan fingerprint density at radius 3 is 2.43 bits per heavy atom. The van der Waals surface area contributed by atoms with Crippen molar-refractivity contribution in [2.75, 3.05) is 19.3 Å². The minimum absolute atomic E-state index is 0.0735. The van der Waals surface area contributed by atoms with Gasteiger partial charge in [0.1, 0.15) is 0 Å². The van der Waals surface area contributed by atoms with Crippen molar-refractivity contribution in [2.24, 2.45) is 0 Å². The summed E-state index contributed by atoms with van der Waals surface area (Å²) in [5.41, 5.74) is 0.478. The summed E-state index contributed by atoms with van der Waals surface area (Å²) >= 11 is 1.46. The summed E-state index contributed by atoms with van der Waals surface area (Å²) in [6.45, 7) is 5.03. The molecular formula is C16H24N2O3S2. The lowest BCUT2D eigenvalue weighted by molar-refractivity contribution is 0.0720. The average molecular weight is 357 g/mol. The molecular weight excluding hydrogens is 332 g/mol. The number of nitrogens with zero attached hydrogens (tertiary/aromatic N) is 1. The highest BCUT2D eigenvalue weighted by atomic mass is 32.2. The summed E-state index contributed by atoms with van der Waals surface area (Å²) in [6, 6.07) is 4.59. The zero-order valence-electron chi connectivity index (χ0n) is 13.8. The monoisotopic (exact) mass is 356 g/mol. The second kappa shape index (κ2) is 7.68. The Labute approximate surface area is 142 Å². The van der Waals surface area contributed by atoms with Crippen molar-refractivity contribution in [2.45, 2.75) is 48.9 Å². The van der Waals surface area contributed by atoms with Gasteiger partial charge in [0.2, 0.25) is 10.0 Å². The van der Waals surface area contributed by atoms with Crippen LogP contribution >= 0.6 is 11.8 Å². The molecule has 0 bridgehead atoms. The molecule has 0 aromatic heterocycles. The van der Waals surface area contributed by atoms with Crippen LogP contribution in [0.3, 0.4) is 0 Å². The van der Waals surface area contributed by atoms with Crippen LogP contribution in [0.5, 0.6) is 0 Å². The lowest BCUT2D eigenvalue weighted by Crippen LogP contribution is -2.36. The number of thioether (sulfide) groups is 1. The maximum Gasteiger partial charge on any atom is 0.255 e. The molecule has 0 atom stereocenters. The summed E-state index contributed by atoms with van der Waals surface area (Å²) in [7, 11) is -3.60. The van der Waals surface area contributed by atoms with Crippen molar-refractivity contribution in [3.63, 3.8) is 0 Å². The van der Waals surface area contributed by atoms with Gasteiger partial charge in [-0.1, -0.05) is 0 Å². The summed E-state index contributed by atoms with van der Waals surface area (Å²) in [4.78, 5) is 15.6. The second-order valence-corrected chi connectivity index (χ2v) is 8.55. The first-order valence-corrected chi connectivity index (χ1v) is 10.6. The number of hydrogen-bond acceptors (Lipinski definition) is 4. The third-order valence-corrected chi connectivity index (χ3v) is 6.20. The molecule has 128 valence electrons. The van der Waals surface area contributed by atoms with Crippen molar-refractivity contribution >= 4 is 27.7 Å². The Morgan fingerprint density at radius 2 is 1.87 bits per heavy atom. The Hall–Kier alpha value is -1.05. The van der Waals surface area contributed by atoms with E-state index in [1.54, 1.807) is 26.0 Å². The summed E-state index contributed by atoms with van der Waals surface area (Å²) < 4.78 is 27.3. The molecule has 0 unspecified atom stereocenters. The van der Waals surface area contributed by atoms with Gasteiger partial charge in [-0.15, -0.1) is 11.8 Å². The Balaban J connectivity index is 2.37. The molecule has 1 aromatic carbocycles. The fraction of sp³-hybridized carbons (Fsp3) is 0.562. The first-order valence-electron chi connectivity index (χ1n) is 7.85. The van der Waals surface area contributed by atoms with Gasteiger partial charge in [0.05, 0.1) is 10.5 Å². The number of carbonyl (C=O) groups is 1. The number of hydrogen-bond donors (Lipinski definition) is 1. The van der Waals surface area contributed by atoms with E-state index in [1.807, 2.05) is 11.2 Å². The Kier molecular flexibility index (Phi) is 6.11. The van der Waals surface area contributed by atoms with Crippen molar-refractivity contribution in [1.29, 1.82) is 0 Å². The standard InChI is InChI=1S/C16H24N2O3S2/c1-12(2)17-23(20,21)13-7-8-15(22-3)14(11-13)16(19)18-9-5-4-6-10-18/h7-8,11-12,17H,4-6,9-10H2,1-3H3. The van der Waals surface area contributed by atoms with Gasteiger partial charge < -0.3 is 4.90 Å². The van der Waals surface area contributed by atoms with Crippen LogP contribution in [0.25, 0.3) is 0 Å². The molecule has 0 radical (unpaired) electrons. The van der Waals surface area contributed by atoms with Gasteiger partial charge in [-0.05, 0) is 57.6 Å². The number of benzene rings is 1. The predicted octanol–water partition coefficient (Wildman–Crippen LogP) is 2.72. The van der Waals surface area contributed by atoms with Gasteiger partial charge >= 0.3 is 0 Å². The minimum Gasteiger partial charge on any atom is -0.339 e. The summed E-state index contributed by atoms with van der Waals surface area (Å²) in [5.74, 6) is -0.0735. The van der Waals surface area contributed by atoms with Gasteiger partial charge in [-0.3, -0.25) is 4.79 Å². The zero-order valence-corrected chi connectivity index (χ0v) is 15.5. The molecule has 0 aliphatic carbocycles. The summed E-state index contributed by atoms with van der Waals surface area (Å²) in [5, 5.41) is 0. The molecule has 0 spiro atoms. The lowest BCUT2D eigenvalue weighted by Gasteiger charge is -2.27. The first kappa shape index (κ1) is 18.3. The maximum absolute atomic E-state index is 12.8. The number of amides is 1. The van der Waals surface area contributed by atoms with Crippen molar-refractivity contribution in [1.82, 2.24) is 9.62 Å². The Bertz CT molecular complexity index is 666. The SMILES string of the molecule is CSc1ccc(S(=O)(=O)NC(C)C)cc1C(=O)N1CCCCC1. The number of piperidine rings is 1. The van der Waals surface area contributed by atoms with E-state index < -0.39 is 10.0 Å². The average Bonchev–Trinajstić information content (AvgIpc) is 2.53. The molecule has 1 aromatic rings. The van der Waals surface area contributed by atoms with Crippen molar-refractivity contribution in [3.05, 3.63) is 23.8 Å². The minimum atomic E-state index is -3.60. The smallest absolute Gasteiger partial charge is 0.255 e. The number of nitrogens with one attached hydrogen (secondary N) is 1. The van der Waals surface area contributed by atoms with Crippen LogP contribution in [0, 0.1) is 0 Å². The second-order valence-electron chi connectivity index (χ2n) is 5.99. The van der Waals surface area contributed by atoms with Gasteiger partial charge in [-0.25, -0.2) is 13.1 Å². The predicted molar refractivity (Wildman–Crippen MR) is 93.4 cm³/mol. The third-order valence-electron chi connectivity index (χ3n) is 3.75. The number of likely N-dealkylation sites (tertiary alicyclic amines) is 1. The molecule has 5 nitrogen and oxygen atoms in total. The van der Waals surface area contributed by atoms with Crippen LogP contribution in [0.15, 0.2) is 28.0 Å². The third kappa shape index (κ3) is 4.49. The molecule has 1 amide bonds. The highest BCUT2D eigenvalue weighted by Gasteiger charge is 2.24. The van der Waals surface area contributed by atoms with Crippen molar-refractivity contribution < 1.29 is 13.2 Å². The van der Waals surface area contributed by atoms with Crippen LogP contribution in [0.1, 0.15) is 43.5 Å². The molecule has 1 N–H and O–H groups in total.